The van der Waals surface area contributed by atoms with E-state index in [1.807, 2.05) is 12.1 Å². The van der Waals surface area contributed by atoms with Crippen molar-refractivity contribution in [2.45, 2.75) is 56.8 Å². The Morgan fingerprint density at radius 3 is 2.33 bits per heavy atom. The van der Waals surface area contributed by atoms with E-state index in [-0.39, 0.29) is 5.82 Å². The van der Waals surface area contributed by atoms with Crippen LogP contribution in [0.5, 0.6) is 0 Å². The van der Waals surface area contributed by atoms with E-state index in [1.165, 1.54) is 24.8 Å². The molecule has 18 heavy (non-hydrogen) atoms. The minimum absolute atomic E-state index is 0.153. The second kappa shape index (κ2) is 4.98. The minimum Gasteiger partial charge on any atom is -0.328 e. The third-order valence-corrected chi connectivity index (χ3v) is 4.44. The van der Waals surface area contributed by atoms with Gasteiger partial charge < -0.3 is 5.73 Å². The topological polar surface area (TPSA) is 29.3 Å². The minimum atomic E-state index is -0.153. The molecule has 0 radical (unpaired) electrons. The number of fused-ring (bicyclic) bond motifs is 2. The molecule has 98 valence electrons. The number of hydrogen-bond donors (Lipinski definition) is 1. The van der Waals surface area contributed by atoms with Crippen LogP contribution in [0.1, 0.15) is 37.7 Å². The monoisotopic (exact) mass is 248 g/mol. The van der Waals surface area contributed by atoms with Gasteiger partial charge in [0.2, 0.25) is 0 Å². The molecule has 2 bridgehead atoms. The van der Waals surface area contributed by atoms with Crippen LogP contribution in [-0.4, -0.2) is 23.0 Å². The normalized spacial score (nSPS) is 32.4. The molecule has 2 saturated heterocycles. The van der Waals surface area contributed by atoms with Crippen molar-refractivity contribution >= 4 is 0 Å². The summed E-state index contributed by atoms with van der Waals surface area (Å²) in [4.78, 5) is 2.60. The predicted octanol–water partition coefficient (Wildman–Crippen LogP) is 2.67. The maximum Gasteiger partial charge on any atom is 0.123 e. The van der Waals surface area contributed by atoms with Gasteiger partial charge in [-0.3, -0.25) is 4.90 Å². The van der Waals surface area contributed by atoms with Gasteiger partial charge in [-0.25, -0.2) is 4.39 Å². The summed E-state index contributed by atoms with van der Waals surface area (Å²) >= 11 is 0. The standard InChI is InChI=1S/C15H21FN2/c16-12-6-4-11(5-7-12)10-18-14-2-1-3-15(18)9-13(17)8-14/h4-7,13-15H,1-3,8-10,17H2. The number of nitrogens with two attached hydrogens (primary N) is 1. The zero-order valence-electron chi connectivity index (χ0n) is 10.7. The van der Waals surface area contributed by atoms with Crippen molar-refractivity contribution in [2.24, 2.45) is 5.73 Å². The molecule has 2 aliphatic rings. The number of piperidine rings is 2. The molecule has 2 fully saturated rings. The van der Waals surface area contributed by atoms with Crippen LogP contribution >= 0.6 is 0 Å². The smallest absolute Gasteiger partial charge is 0.123 e. The van der Waals surface area contributed by atoms with Crippen molar-refractivity contribution in [1.29, 1.82) is 0 Å². The van der Waals surface area contributed by atoms with E-state index in [2.05, 4.69) is 4.90 Å². The molecule has 2 heterocycles. The van der Waals surface area contributed by atoms with Gasteiger partial charge in [0.15, 0.2) is 0 Å². The van der Waals surface area contributed by atoms with E-state index in [9.17, 15) is 4.39 Å². The molecule has 0 aromatic heterocycles. The molecule has 3 rings (SSSR count). The average molecular weight is 248 g/mol. The van der Waals surface area contributed by atoms with Crippen LogP contribution in [0.4, 0.5) is 4.39 Å². The molecule has 2 nitrogen and oxygen atoms in total. The summed E-state index contributed by atoms with van der Waals surface area (Å²) in [5.74, 6) is -0.153. The molecule has 2 aliphatic heterocycles. The maximum atomic E-state index is 12.9. The highest BCUT2D eigenvalue weighted by atomic mass is 19.1. The third-order valence-electron chi connectivity index (χ3n) is 4.44. The number of benzene rings is 1. The summed E-state index contributed by atoms with van der Waals surface area (Å²) in [5, 5.41) is 0. The van der Waals surface area contributed by atoms with Gasteiger partial charge in [-0.1, -0.05) is 18.6 Å². The highest BCUT2D eigenvalue weighted by Crippen LogP contribution is 2.34. The fraction of sp³-hybridized carbons (Fsp3) is 0.600. The van der Waals surface area contributed by atoms with Crippen molar-refractivity contribution in [1.82, 2.24) is 4.90 Å². The Hall–Kier alpha value is -0.930. The van der Waals surface area contributed by atoms with Gasteiger partial charge in [0.1, 0.15) is 5.82 Å². The maximum absolute atomic E-state index is 12.9. The zero-order chi connectivity index (χ0) is 12.5. The molecule has 3 heteroatoms. The molecule has 0 spiro atoms. The van der Waals surface area contributed by atoms with Crippen LogP contribution in [0.2, 0.25) is 0 Å². The highest BCUT2D eigenvalue weighted by Gasteiger charge is 2.36. The van der Waals surface area contributed by atoms with Crippen LogP contribution in [0.15, 0.2) is 24.3 Å². The first-order valence-corrected chi connectivity index (χ1v) is 6.98. The summed E-state index contributed by atoms with van der Waals surface area (Å²) in [5.41, 5.74) is 7.34. The Kier molecular flexibility index (Phi) is 3.35. The quantitative estimate of drug-likeness (QED) is 0.872. The summed E-state index contributed by atoms with van der Waals surface area (Å²) in [7, 11) is 0. The van der Waals surface area contributed by atoms with Crippen LogP contribution in [0.25, 0.3) is 0 Å². The van der Waals surface area contributed by atoms with Gasteiger partial charge in [-0.15, -0.1) is 0 Å². The summed E-state index contributed by atoms with van der Waals surface area (Å²) in [6.07, 6.45) is 6.12. The lowest BCUT2D eigenvalue weighted by atomic mass is 9.82. The number of halogens is 1. The van der Waals surface area contributed by atoms with E-state index in [0.717, 1.165) is 19.4 Å². The molecule has 2 atom stereocenters. The van der Waals surface area contributed by atoms with E-state index >= 15 is 0 Å². The fourth-order valence-electron chi connectivity index (χ4n) is 3.58. The SMILES string of the molecule is NC1CC2CCCC(C1)N2Cc1ccc(F)cc1. The Bertz CT molecular complexity index is 389. The first-order chi connectivity index (χ1) is 8.72. The Morgan fingerprint density at radius 2 is 1.72 bits per heavy atom. The van der Waals surface area contributed by atoms with Crippen LogP contribution in [-0.2, 0) is 6.54 Å². The molecular formula is C15H21FN2. The van der Waals surface area contributed by atoms with Crippen LogP contribution in [0, 0.1) is 5.82 Å². The van der Waals surface area contributed by atoms with Crippen molar-refractivity contribution in [3.8, 4) is 0 Å². The summed E-state index contributed by atoms with van der Waals surface area (Å²) < 4.78 is 12.9. The molecule has 2 unspecified atom stereocenters. The lowest BCUT2D eigenvalue weighted by Crippen LogP contribution is -2.54. The largest absolute Gasteiger partial charge is 0.328 e. The molecule has 0 saturated carbocycles. The fourth-order valence-corrected chi connectivity index (χ4v) is 3.58. The van der Waals surface area contributed by atoms with Crippen molar-refractivity contribution in [2.75, 3.05) is 0 Å². The van der Waals surface area contributed by atoms with Gasteiger partial charge >= 0.3 is 0 Å². The van der Waals surface area contributed by atoms with Gasteiger partial charge in [0, 0.05) is 24.7 Å². The summed E-state index contributed by atoms with van der Waals surface area (Å²) in [6.45, 7) is 0.947. The average Bonchev–Trinajstić information content (AvgIpc) is 2.33. The van der Waals surface area contributed by atoms with Gasteiger partial charge in [-0.2, -0.15) is 0 Å². The van der Waals surface area contributed by atoms with Crippen LogP contribution in [0.3, 0.4) is 0 Å². The van der Waals surface area contributed by atoms with Gasteiger partial charge in [0.25, 0.3) is 0 Å². The van der Waals surface area contributed by atoms with Crippen molar-refractivity contribution in [3.05, 3.63) is 35.6 Å². The Morgan fingerprint density at radius 1 is 1.11 bits per heavy atom. The Balaban J connectivity index is 1.73. The second-order valence-electron chi connectivity index (χ2n) is 5.77. The van der Waals surface area contributed by atoms with Crippen molar-refractivity contribution < 1.29 is 4.39 Å². The summed E-state index contributed by atoms with van der Waals surface area (Å²) in [6, 6.07) is 8.57. The first-order valence-electron chi connectivity index (χ1n) is 6.98. The molecule has 1 aromatic carbocycles. The van der Waals surface area contributed by atoms with E-state index < -0.39 is 0 Å². The second-order valence-corrected chi connectivity index (χ2v) is 5.77. The predicted molar refractivity (Wildman–Crippen MR) is 70.6 cm³/mol. The molecular weight excluding hydrogens is 227 g/mol. The molecule has 0 amide bonds. The molecule has 2 N–H and O–H groups in total. The van der Waals surface area contributed by atoms with Crippen molar-refractivity contribution in [3.63, 3.8) is 0 Å². The number of nitrogens with zero attached hydrogens (tertiary/aromatic N) is 1. The third kappa shape index (κ3) is 2.43. The molecule has 1 aromatic rings. The Labute approximate surface area is 108 Å². The van der Waals surface area contributed by atoms with Gasteiger partial charge in [0.05, 0.1) is 0 Å². The van der Waals surface area contributed by atoms with Crippen LogP contribution < -0.4 is 5.73 Å². The van der Waals surface area contributed by atoms with Gasteiger partial charge in [-0.05, 0) is 43.4 Å². The first kappa shape index (κ1) is 12.1. The highest BCUT2D eigenvalue weighted by molar-refractivity contribution is 5.16. The zero-order valence-corrected chi connectivity index (χ0v) is 10.7. The van der Waals surface area contributed by atoms with E-state index in [0.29, 0.717) is 18.1 Å². The lowest BCUT2D eigenvalue weighted by Gasteiger charge is -2.48. The number of rotatable bonds is 2. The lowest BCUT2D eigenvalue weighted by molar-refractivity contribution is 0.0245. The molecule has 0 aliphatic carbocycles. The number of hydrogen-bond acceptors (Lipinski definition) is 2. The van der Waals surface area contributed by atoms with E-state index in [4.69, 9.17) is 5.73 Å². The van der Waals surface area contributed by atoms with E-state index in [1.54, 1.807) is 12.1 Å².